The number of rotatable bonds is 4. The molecule has 0 aliphatic carbocycles. The predicted octanol–water partition coefficient (Wildman–Crippen LogP) is 4.66. The molecule has 1 aromatic heterocycles. The van der Waals surface area contributed by atoms with Crippen LogP contribution in [0.4, 0.5) is 15.8 Å². The maximum Gasteiger partial charge on any atom is 0.231 e. The molecule has 0 amide bonds. The molecule has 170 valence electrons. The van der Waals surface area contributed by atoms with Crippen LogP contribution in [0.15, 0.2) is 72.9 Å². The van der Waals surface area contributed by atoms with Crippen LogP contribution >= 0.6 is 0 Å². The number of benzene rings is 3. The lowest BCUT2D eigenvalue weighted by Crippen LogP contribution is -2.47. The second-order valence-electron chi connectivity index (χ2n) is 8.39. The third-order valence-corrected chi connectivity index (χ3v) is 6.40. The Labute approximate surface area is 196 Å². The first kappa shape index (κ1) is 20.5. The Morgan fingerprint density at radius 3 is 2.26 bits per heavy atom. The number of pyridine rings is 1. The minimum absolute atomic E-state index is 0.0661. The number of nitrogens with zero attached hydrogens (tertiary/aromatic N) is 3. The van der Waals surface area contributed by atoms with Gasteiger partial charge in [-0.3, -0.25) is 9.78 Å². The van der Waals surface area contributed by atoms with E-state index in [-0.39, 0.29) is 18.4 Å². The molecular formula is C27H22FN3O3. The van der Waals surface area contributed by atoms with Gasteiger partial charge in [-0.25, -0.2) is 4.39 Å². The van der Waals surface area contributed by atoms with Gasteiger partial charge in [0, 0.05) is 55.1 Å². The molecule has 3 heterocycles. The van der Waals surface area contributed by atoms with E-state index in [1.807, 2.05) is 42.5 Å². The smallest absolute Gasteiger partial charge is 0.231 e. The lowest BCUT2D eigenvalue weighted by atomic mass is 9.99. The first-order valence-corrected chi connectivity index (χ1v) is 11.2. The normalized spacial score (nSPS) is 15.1. The number of fused-ring (bicyclic) bond motifs is 2. The molecule has 0 spiro atoms. The van der Waals surface area contributed by atoms with Gasteiger partial charge in [0.25, 0.3) is 0 Å². The Bertz CT molecular complexity index is 1370. The molecule has 0 saturated carbocycles. The highest BCUT2D eigenvalue weighted by atomic mass is 19.1. The van der Waals surface area contributed by atoms with Gasteiger partial charge in [-0.1, -0.05) is 30.3 Å². The topological polar surface area (TPSA) is 54.9 Å². The van der Waals surface area contributed by atoms with Crippen LogP contribution in [0.1, 0.15) is 15.9 Å². The number of piperazine rings is 1. The van der Waals surface area contributed by atoms with Crippen LogP contribution in [-0.2, 0) is 0 Å². The fraction of sp³-hybridized carbons (Fsp3) is 0.185. The Morgan fingerprint density at radius 2 is 1.53 bits per heavy atom. The van der Waals surface area contributed by atoms with Crippen molar-refractivity contribution in [2.45, 2.75) is 0 Å². The van der Waals surface area contributed by atoms with Crippen molar-refractivity contribution in [3.63, 3.8) is 0 Å². The van der Waals surface area contributed by atoms with E-state index in [0.717, 1.165) is 35.4 Å². The van der Waals surface area contributed by atoms with E-state index >= 15 is 0 Å². The fourth-order valence-electron chi connectivity index (χ4n) is 4.66. The number of carbonyl (C=O) groups excluding carboxylic acids is 1. The summed E-state index contributed by atoms with van der Waals surface area (Å²) < 4.78 is 24.5. The van der Waals surface area contributed by atoms with Gasteiger partial charge >= 0.3 is 0 Å². The first-order valence-electron chi connectivity index (χ1n) is 11.2. The summed E-state index contributed by atoms with van der Waals surface area (Å²) in [5, 5.41) is 0.862. The quantitative estimate of drug-likeness (QED) is 0.417. The number of hydrogen-bond acceptors (Lipinski definition) is 6. The molecule has 6 rings (SSSR count). The zero-order chi connectivity index (χ0) is 23.1. The van der Waals surface area contributed by atoms with E-state index in [1.165, 1.54) is 12.1 Å². The van der Waals surface area contributed by atoms with Crippen molar-refractivity contribution in [1.82, 2.24) is 4.98 Å². The van der Waals surface area contributed by atoms with Crippen molar-refractivity contribution in [3.05, 3.63) is 89.9 Å². The maximum atomic E-state index is 13.5. The predicted molar refractivity (Wildman–Crippen MR) is 129 cm³/mol. The van der Waals surface area contributed by atoms with Crippen molar-refractivity contribution in [3.8, 4) is 11.5 Å². The molecule has 0 radical (unpaired) electrons. The largest absolute Gasteiger partial charge is 0.454 e. The van der Waals surface area contributed by atoms with Crippen molar-refractivity contribution in [1.29, 1.82) is 0 Å². The fourth-order valence-corrected chi connectivity index (χ4v) is 4.66. The van der Waals surface area contributed by atoms with Gasteiger partial charge in [-0.15, -0.1) is 0 Å². The maximum absolute atomic E-state index is 13.5. The number of aromatic nitrogens is 1. The third-order valence-electron chi connectivity index (χ3n) is 6.40. The highest BCUT2D eigenvalue weighted by molar-refractivity contribution is 6.16. The number of halogens is 1. The monoisotopic (exact) mass is 455 g/mol. The Kier molecular flexibility index (Phi) is 5.02. The number of hydrogen-bond donors (Lipinski definition) is 0. The van der Waals surface area contributed by atoms with Crippen molar-refractivity contribution in [2.75, 3.05) is 42.8 Å². The Balaban J connectivity index is 1.40. The average molecular weight is 455 g/mol. The minimum atomic E-state index is -0.242. The lowest BCUT2D eigenvalue weighted by Gasteiger charge is -2.38. The van der Waals surface area contributed by atoms with Crippen molar-refractivity contribution < 1.29 is 18.7 Å². The third kappa shape index (κ3) is 3.59. The van der Waals surface area contributed by atoms with E-state index < -0.39 is 0 Å². The van der Waals surface area contributed by atoms with E-state index in [1.54, 1.807) is 18.3 Å². The molecule has 4 aromatic rings. The van der Waals surface area contributed by atoms with Crippen LogP contribution < -0.4 is 19.3 Å². The zero-order valence-electron chi connectivity index (χ0n) is 18.4. The van der Waals surface area contributed by atoms with Gasteiger partial charge in [0.15, 0.2) is 17.3 Å². The van der Waals surface area contributed by atoms with E-state index in [0.29, 0.717) is 35.7 Å². The second-order valence-corrected chi connectivity index (χ2v) is 8.39. The summed E-state index contributed by atoms with van der Waals surface area (Å²) >= 11 is 0. The van der Waals surface area contributed by atoms with Gasteiger partial charge in [-0.2, -0.15) is 0 Å². The van der Waals surface area contributed by atoms with Crippen LogP contribution in [0.25, 0.3) is 10.9 Å². The molecule has 6 nitrogen and oxygen atoms in total. The lowest BCUT2D eigenvalue weighted by molar-refractivity contribution is 0.103. The van der Waals surface area contributed by atoms with Gasteiger partial charge in [0.2, 0.25) is 6.79 Å². The number of anilines is 2. The van der Waals surface area contributed by atoms with Gasteiger partial charge in [0.1, 0.15) is 5.82 Å². The number of carbonyl (C=O) groups is 1. The molecular weight excluding hydrogens is 433 g/mol. The average Bonchev–Trinajstić information content (AvgIpc) is 3.35. The van der Waals surface area contributed by atoms with Gasteiger partial charge in [-0.05, 0) is 30.3 Å². The van der Waals surface area contributed by atoms with E-state index in [9.17, 15) is 9.18 Å². The molecule has 1 saturated heterocycles. The van der Waals surface area contributed by atoms with Crippen LogP contribution in [0.2, 0.25) is 0 Å². The van der Waals surface area contributed by atoms with Crippen LogP contribution in [0.3, 0.4) is 0 Å². The summed E-state index contributed by atoms with van der Waals surface area (Å²) in [4.78, 5) is 22.6. The molecule has 0 unspecified atom stereocenters. The highest BCUT2D eigenvalue weighted by Gasteiger charge is 2.27. The molecule has 0 bridgehead atoms. The Hall–Kier alpha value is -4.13. The van der Waals surface area contributed by atoms with E-state index in [2.05, 4.69) is 14.8 Å². The van der Waals surface area contributed by atoms with Gasteiger partial charge in [0.05, 0.1) is 16.8 Å². The first-order chi connectivity index (χ1) is 16.7. The minimum Gasteiger partial charge on any atom is -0.454 e. The molecule has 7 heteroatoms. The summed E-state index contributed by atoms with van der Waals surface area (Å²) in [6.45, 7) is 3.09. The standard InChI is InChI=1S/C27H22FN3O3/c28-19-6-8-20(9-7-19)30-10-12-31(13-11-30)26-21-14-24-25(34-17-33-24)15-23(21)29-16-22(26)27(32)18-4-2-1-3-5-18/h1-9,14-16H,10-13,17H2. The Morgan fingerprint density at radius 1 is 0.853 bits per heavy atom. The molecule has 2 aliphatic rings. The molecule has 34 heavy (non-hydrogen) atoms. The summed E-state index contributed by atoms with van der Waals surface area (Å²) in [6.07, 6.45) is 1.67. The second kappa shape index (κ2) is 8.33. The molecule has 3 aromatic carbocycles. The number of ketones is 1. The van der Waals surface area contributed by atoms with Crippen LogP contribution in [0, 0.1) is 5.82 Å². The van der Waals surface area contributed by atoms with Crippen LogP contribution in [0.5, 0.6) is 11.5 Å². The van der Waals surface area contributed by atoms with Crippen molar-refractivity contribution >= 4 is 28.1 Å². The van der Waals surface area contributed by atoms with Crippen molar-refractivity contribution in [2.24, 2.45) is 0 Å². The molecule has 2 aliphatic heterocycles. The summed E-state index contributed by atoms with van der Waals surface area (Å²) in [5.74, 6) is 1.01. The van der Waals surface area contributed by atoms with Gasteiger partial charge < -0.3 is 19.3 Å². The molecule has 0 atom stereocenters. The zero-order valence-corrected chi connectivity index (χ0v) is 18.4. The summed E-state index contributed by atoms with van der Waals surface area (Å²) in [7, 11) is 0. The van der Waals surface area contributed by atoms with E-state index in [4.69, 9.17) is 9.47 Å². The summed E-state index contributed by atoms with van der Waals surface area (Å²) in [5.41, 5.74) is 3.79. The summed E-state index contributed by atoms with van der Waals surface area (Å²) in [6, 6.07) is 19.6. The SMILES string of the molecule is O=C(c1ccccc1)c1cnc2cc3c(cc2c1N1CCN(c2ccc(F)cc2)CC1)OCO3. The highest BCUT2D eigenvalue weighted by Crippen LogP contribution is 2.40. The van der Waals surface area contributed by atoms with Crippen LogP contribution in [-0.4, -0.2) is 43.7 Å². The number of ether oxygens (including phenoxy) is 2. The molecule has 1 fully saturated rings. The molecule has 0 N–H and O–H groups in total.